The summed E-state index contributed by atoms with van der Waals surface area (Å²) < 4.78 is 0. The summed E-state index contributed by atoms with van der Waals surface area (Å²) >= 11 is 0. The average Bonchev–Trinajstić information content (AvgIpc) is 2.48. The first-order chi connectivity index (χ1) is 10.6. The van der Waals surface area contributed by atoms with Crippen molar-refractivity contribution in [1.29, 1.82) is 0 Å². The molecular weight excluding hydrogens is 286 g/mol. The Morgan fingerprint density at radius 1 is 0.818 bits per heavy atom. The molecule has 0 rings (SSSR count). The number of aliphatic carboxylic acids is 1. The van der Waals surface area contributed by atoms with Crippen LogP contribution in [0.3, 0.4) is 0 Å². The van der Waals surface area contributed by atoms with Gasteiger partial charge >= 0.3 is 11.9 Å². The lowest BCUT2D eigenvalue weighted by atomic mass is 10.1. The number of carbonyl (C=O) groups is 3. The van der Waals surface area contributed by atoms with Gasteiger partial charge in [0.2, 0.25) is 0 Å². The maximum atomic E-state index is 11.4. The molecule has 0 aromatic rings. The molecule has 0 bridgehead atoms. The van der Waals surface area contributed by atoms with E-state index in [9.17, 15) is 14.4 Å². The summed E-state index contributed by atoms with van der Waals surface area (Å²) in [5.74, 6) is -1.69. The van der Waals surface area contributed by atoms with Gasteiger partial charge in [-0.3, -0.25) is 9.59 Å². The molecule has 22 heavy (non-hydrogen) atoms. The molecule has 0 heterocycles. The van der Waals surface area contributed by atoms with E-state index in [1.54, 1.807) is 0 Å². The van der Waals surface area contributed by atoms with Gasteiger partial charge in [-0.1, -0.05) is 45.4 Å². The van der Waals surface area contributed by atoms with E-state index in [4.69, 9.17) is 5.11 Å². The van der Waals surface area contributed by atoms with Gasteiger partial charge in [0, 0.05) is 19.3 Å². The Balaban J connectivity index is 3.40. The molecule has 6 heteroatoms. The molecule has 6 nitrogen and oxygen atoms in total. The SMILES string of the molecule is CCCCCCCCCC(=O)NOC(=O)CCCCC(=O)O. The molecule has 1 amide bonds. The summed E-state index contributed by atoms with van der Waals surface area (Å²) in [4.78, 5) is 37.6. The Morgan fingerprint density at radius 2 is 1.36 bits per heavy atom. The van der Waals surface area contributed by atoms with Crippen LogP contribution in [-0.2, 0) is 19.2 Å². The smallest absolute Gasteiger partial charge is 0.332 e. The van der Waals surface area contributed by atoms with E-state index in [0.717, 1.165) is 19.3 Å². The molecule has 128 valence electrons. The fraction of sp³-hybridized carbons (Fsp3) is 0.812. The zero-order valence-electron chi connectivity index (χ0n) is 13.6. The molecule has 0 radical (unpaired) electrons. The molecule has 0 atom stereocenters. The van der Waals surface area contributed by atoms with Gasteiger partial charge in [-0.2, -0.15) is 5.48 Å². The number of rotatable bonds is 13. The topological polar surface area (TPSA) is 92.7 Å². The van der Waals surface area contributed by atoms with Crippen molar-refractivity contribution in [3.63, 3.8) is 0 Å². The number of amides is 1. The fourth-order valence-corrected chi connectivity index (χ4v) is 2.00. The number of hydroxylamine groups is 1. The lowest BCUT2D eigenvalue weighted by Crippen LogP contribution is -2.26. The van der Waals surface area contributed by atoms with Crippen molar-refractivity contribution in [1.82, 2.24) is 5.48 Å². The summed E-state index contributed by atoms with van der Waals surface area (Å²) in [7, 11) is 0. The number of hydrogen-bond donors (Lipinski definition) is 2. The van der Waals surface area contributed by atoms with Crippen LogP contribution in [0.25, 0.3) is 0 Å². The van der Waals surface area contributed by atoms with Gasteiger partial charge in [0.25, 0.3) is 5.91 Å². The summed E-state index contributed by atoms with van der Waals surface area (Å²) in [6.07, 6.45) is 9.29. The van der Waals surface area contributed by atoms with E-state index < -0.39 is 11.9 Å². The molecule has 0 aromatic heterocycles. The van der Waals surface area contributed by atoms with Gasteiger partial charge in [-0.25, -0.2) is 4.79 Å². The number of nitrogens with one attached hydrogen (secondary N) is 1. The van der Waals surface area contributed by atoms with Gasteiger partial charge in [0.1, 0.15) is 0 Å². The maximum absolute atomic E-state index is 11.4. The third-order valence-corrected chi connectivity index (χ3v) is 3.31. The van der Waals surface area contributed by atoms with Crippen molar-refractivity contribution in [2.24, 2.45) is 0 Å². The molecule has 0 aromatic carbocycles. The number of carbonyl (C=O) groups excluding carboxylic acids is 2. The van der Waals surface area contributed by atoms with Crippen LogP contribution in [-0.4, -0.2) is 23.0 Å². The Hall–Kier alpha value is -1.59. The normalized spacial score (nSPS) is 10.2. The lowest BCUT2D eigenvalue weighted by molar-refractivity contribution is -0.158. The number of unbranched alkanes of at least 4 members (excludes halogenated alkanes) is 7. The van der Waals surface area contributed by atoms with Crippen LogP contribution < -0.4 is 5.48 Å². The molecule has 0 saturated heterocycles. The molecule has 2 N–H and O–H groups in total. The van der Waals surface area contributed by atoms with Crippen LogP contribution in [0.4, 0.5) is 0 Å². The molecule has 0 spiro atoms. The Bertz CT molecular complexity index is 330. The zero-order valence-corrected chi connectivity index (χ0v) is 13.6. The molecule has 0 aliphatic heterocycles. The van der Waals surface area contributed by atoms with Gasteiger partial charge in [0.05, 0.1) is 0 Å². The van der Waals surface area contributed by atoms with Gasteiger partial charge in [-0.05, 0) is 19.3 Å². The fourth-order valence-electron chi connectivity index (χ4n) is 2.00. The second-order valence-corrected chi connectivity index (χ2v) is 5.47. The second kappa shape index (κ2) is 14.4. The number of carboxylic acids is 1. The summed E-state index contributed by atoms with van der Waals surface area (Å²) in [6, 6.07) is 0. The first kappa shape index (κ1) is 20.4. The van der Waals surface area contributed by atoms with Crippen LogP contribution in [0.1, 0.15) is 84.0 Å². The Morgan fingerprint density at radius 3 is 2.00 bits per heavy atom. The van der Waals surface area contributed by atoms with Crippen LogP contribution in [0.15, 0.2) is 0 Å². The van der Waals surface area contributed by atoms with Crippen LogP contribution in [0.5, 0.6) is 0 Å². The van der Waals surface area contributed by atoms with Crippen molar-refractivity contribution in [3.05, 3.63) is 0 Å². The standard InChI is InChI=1S/C16H29NO5/c1-2-3-4-5-6-7-8-11-14(18)17-22-16(21)13-10-9-12-15(19)20/h2-13H2,1H3,(H,17,18)(H,19,20). The summed E-state index contributed by atoms with van der Waals surface area (Å²) in [5.41, 5.74) is 2.14. The summed E-state index contributed by atoms with van der Waals surface area (Å²) in [5, 5.41) is 8.44. The van der Waals surface area contributed by atoms with Crippen LogP contribution >= 0.6 is 0 Å². The number of carboxylic acid groups (broad SMARTS) is 1. The molecule has 0 aliphatic rings. The van der Waals surface area contributed by atoms with E-state index in [2.05, 4.69) is 17.2 Å². The van der Waals surface area contributed by atoms with E-state index in [1.165, 1.54) is 25.7 Å². The van der Waals surface area contributed by atoms with Crippen LogP contribution in [0, 0.1) is 0 Å². The van der Waals surface area contributed by atoms with Gasteiger partial charge in [-0.15, -0.1) is 0 Å². The maximum Gasteiger partial charge on any atom is 0.332 e. The van der Waals surface area contributed by atoms with E-state index in [-0.39, 0.29) is 18.7 Å². The predicted octanol–water partition coefficient (Wildman–Crippen LogP) is 3.35. The molecule has 0 aliphatic carbocycles. The highest BCUT2D eigenvalue weighted by molar-refractivity contribution is 5.77. The minimum atomic E-state index is -0.878. The van der Waals surface area contributed by atoms with E-state index >= 15 is 0 Å². The van der Waals surface area contributed by atoms with Crippen molar-refractivity contribution in [3.8, 4) is 0 Å². The molecular formula is C16H29NO5. The van der Waals surface area contributed by atoms with Gasteiger partial charge in [0.15, 0.2) is 0 Å². The largest absolute Gasteiger partial charge is 0.481 e. The average molecular weight is 315 g/mol. The van der Waals surface area contributed by atoms with Gasteiger partial charge < -0.3 is 9.94 Å². The molecule has 0 saturated carbocycles. The Kier molecular flexibility index (Phi) is 13.3. The van der Waals surface area contributed by atoms with E-state index in [0.29, 0.717) is 19.3 Å². The lowest BCUT2D eigenvalue weighted by Gasteiger charge is -2.05. The zero-order chi connectivity index (χ0) is 16.6. The van der Waals surface area contributed by atoms with Crippen molar-refractivity contribution < 1.29 is 24.3 Å². The molecule has 0 unspecified atom stereocenters. The summed E-state index contributed by atoms with van der Waals surface area (Å²) in [6.45, 7) is 2.18. The van der Waals surface area contributed by atoms with Crippen molar-refractivity contribution in [2.75, 3.05) is 0 Å². The highest BCUT2D eigenvalue weighted by atomic mass is 16.7. The second-order valence-electron chi connectivity index (χ2n) is 5.47. The Labute approximate surface area is 132 Å². The third kappa shape index (κ3) is 14.8. The predicted molar refractivity (Wildman–Crippen MR) is 82.9 cm³/mol. The first-order valence-corrected chi connectivity index (χ1v) is 8.26. The monoisotopic (exact) mass is 315 g/mol. The first-order valence-electron chi connectivity index (χ1n) is 8.26. The highest BCUT2D eigenvalue weighted by Crippen LogP contribution is 2.08. The van der Waals surface area contributed by atoms with Crippen LogP contribution in [0.2, 0.25) is 0 Å². The van der Waals surface area contributed by atoms with Crippen molar-refractivity contribution in [2.45, 2.75) is 84.0 Å². The highest BCUT2D eigenvalue weighted by Gasteiger charge is 2.07. The van der Waals surface area contributed by atoms with Crippen molar-refractivity contribution >= 4 is 17.8 Å². The minimum absolute atomic E-state index is 0.0396. The third-order valence-electron chi connectivity index (χ3n) is 3.31. The number of hydrogen-bond acceptors (Lipinski definition) is 4. The minimum Gasteiger partial charge on any atom is -0.481 e. The van der Waals surface area contributed by atoms with E-state index in [1.807, 2.05) is 0 Å². The quantitative estimate of drug-likeness (QED) is 0.401. The molecule has 0 fully saturated rings.